The quantitative estimate of drug-likeness (QED) is 0.915. The van der Waals surface area contributed by atoms with Crippen LogP contribution in [0.15, 0.2) is 15.5 Å². The summed E-state index contributed by atoms with van der Waals surface area (Å²) in [6.45, 7) is 8.80. The maximum absolute atomic E-state index is 12.6. The molecule has 0 saturated carbocycles. The number of aromatic nitrogens is 2. The number of amides is 1. The van der Waals surface area contributed by atoms with Gasteiger partial charge in [-0.3, -0.25) is 14.2 Å². The van der Waals surface area contributed by atoms with Gasteiger partial charge in [-0.05, 0) is 19.3 Å². The van der Waals surface area contributed by atoms with Gasteiger partial charge in [-0.15, -0.1) is 0 Å². The Balaban J connectivity index is 2.57. The number of nitrogens with zero attached hydrogens (tertiary/aromatic N) is 2. The van der Waals surface area contributed by atoms with Gasteiger partial charge in [-0.2, -0.15) is 0 Å². The van der Waals surface area contributed by atoms with Gasteiger partial charge < -0.3 is 9.73 Å². The molecule has 1 amide bonds. The molecule has 0 radical (unpaired) electrons. The molecule has 0 aliphatic heterocycles. The molecule has 6 heteroatoms. The smallest absolute Gasteiger partial charge is 0.265 e. The Morgan fingerprint density at radius 1 is 1.48 bits per heavy atom. The fourth-order valence-electron chi connectivity index (χ4n) is 2.26. The summed E-state index contributed by atoms with van der Waals surface area (Å²) < 4.78 is 6.98. The molecule has 2 rings (SSSR count). The second kappa shape index (κ2) is 6.11. The lowest BCUT2D eigenvalue weighted by Crippen LogP contribution is -2.28. The van der Waals surface area contributed by atoms with Crippen molar-refractivity contribution in [2.24, 2.45) is 5.92 Å². The zero-order chi connectivity index (χ0) is 15.6. The minimum Gasteiger partial charge on any atom is -0.442 e. The van der Waals surface area contributed by atoms with Crippen LogP contribution in [-0.4, -0.2) is 22.0 Å². The largest absolute Gasteiger partial charge is 0.442 e. The van der Waals surface area contributed by atoms with Gasteiger partial charge in [-0.25, -0.2) is 4.98 Å². The monoisotopic (exact) mass is 291 g/mol. The van der Waals surface area contributed by atoms with Crippen LogP contribution < -0.4 is 10.9 Å². The molecule has 0 saturated heterocycles. The van der Waals surface area contributed by atoms with Crippen molar-refractivity contribution in [3.63, 3.8) is 0 Å². The van der Waals surface area contributed by atoms with Crippen LogP contribution in [0.1, 0.15) is 43.3 Å². The van der Waals surface area contributed by atoms with Gasteiger partial charge in [0, 0.05) is 13.1 Å². The number of furan rings is 1. The maximum Gasteiger partial charge on any atom is 0.265 e. The SMILES string of the molecule is CCCNC(=O)c1c(C)oc2ncn(CC(C)C)c(=O)c12. The summed E-state index contributed by atoms with van der Waals surface area (Å²) in [6.07, 6.45) is 2.30. The van der Waals surface area contributed by atoms with Crippen molar-refractivity contribution in [1.82, 2.24) is 14.9 Å². The average molecular weight is 291 g/mol. The summed E-state index contributed by atoms with van der Waals surface area (Å²) in [6, 6.07) is 0. The van der Waals surface area contributed by atoms with E-state index in [2.05, 4.69) is 10.3 Å². The van der Waals surface area contributed by atoms with Gasteiger partial charge in [0.25, 0.3) is 11.5 Å². The summed E-state index contributed by atoms with van der Waals surface area (Å²) in [7, 11) is 0. The highest BCUT2D eigenvalue weighted by Crippen LogP contribution is 2.20. The second-order valence-electron chi connectivity index (χ2n) is 5.57. The van der Waals surface area contributed by atoms with Crippen molar-refractivity contribution in [1.29, 1.82) is 0 Å². The average Bonchev–Trinajstić information content (AvgIpc) is 2.76. The van der Waals surface area contributed by atoms with Crippen molar-refractivity contribution in [2.75, 3.05) is 6.54 Å². The van der Waals surface area contributed by atoms with E-state index in [1.807, 2.05) is 20.8 Å². The van der Waals surface area contributed by atoms with E-state index in [1.165, 1.54) is 10.9 Å². The molecule has 0 fully saturated rings. The Morgan fingerprint density at radius 3 is 2.81 bits per heavy atom. The van der Waals surface area contributed by atoms with Crippen LogP contribution in [-0.2, 0) is 6.54 Å². The van der Waals surface area contributed by atoms with Crippen LogP contribution >= 0.6 is 0 Å². The highest BCUT2D eigenvalue weighted by Gasteiger charge is 2.22. The van der Waals surface area contributed by atoms with E-state index in [1.54, 1.807) is 6.92 Å². The fraction of sp³-hybridized carbons (Fsp3) is 0.533. The Morgan fingerprint density at radius 2 is 2.19 bits per heavy atom. The zero-order valence-corrected chi connectivity index (χ0v) is 12.9. The van der Waals surface area contributed by atoms with Crippen molar-refractivity contribution in [3.05, 3.63) is 28.0 Å². The third-order valence-corrected chi connectivity index (χ3v) is 3.18. The van der Waals surface area contributed by atoms with Gasteiger partial charge in [0.1, 0.15) is 17.5 Å². The predicted octanol–water partition coefficient (Wildman–Crippen LogP) is 2.09. The molecule has 6 nitrogen and oxygen atoms in total. The first-order chi connectivity index (χ1) is 9.95. The Hall–Kier alpha value is -2.11. The molecule has 114 valence electrons. The molecule has 1 N–H and O–H groups in total. The zero-order valence-electron chi connectivity index (χ0n) is 12.9. The molecular formula is C15H21N3O3. The van der Waals surface area contributed by atoms with E-state index in [4.69, 9.17) is 4.42 Å². The highest BCUT2D eigenvalue weighted by molar-refractivity contribution is 6.06. The first-order valence-corrected chi connectivity index (χ1v) is 7.22. The molecule has 0 unspecified atom stereocenters. The lowest BCUT2D eigenvalue weighted by atomic mass is 10.1. The van der Waals surface area contributed by atoms with Crippen molar-refractivity contribution in [3.8, 4) is 0 Å². The molecule has 0 spiro atoms. The van der Waals surface area contributed by atoms with Gasteiger partial charge in [0.2, 0.25) is 5.71 Å². The van der Waals surface area contributed by atoms with Crippen LogP contribution in [0, 0.1) is 12.8 Å². The molecule has 0 bridgehead atoms. The number of rotatable bonds is 5. The molecule has 21 heavy (non-hydrogen) atoms. The van der Waals surface area contributed by atoms with Gasteiger partial charge >= 0.3 is 0 Å². The molecule has 0 atom stereocenters. The molecule has 2 aromatic heterocycles. The Bertz CT molecular complexity index is 713. The maximum atomic E-state index is 12.6. The van der Waals surface area contributed by atoms with Crippen molar-refractivity contribution in [2.45, 2.75) is 40.7 Å². The van der Waals surface area contributed by atoms with E-state index in [9.17, 15) is 9.59 Å². The third-order valence-electron chi connectivity index (χ3n) is 3.18. The van der Waals surface area contributed by atoms with Gasteiger partial charge in [0.05, 0.1) is 5.56 Å². The van der Waals surface area contributed by atoms with Crippen LogP contribution in [0.25, 0.3) is 11.1 Å². The molecular weight excluding hydrogens is 270 g/mol. The fourth-order valence-corrected chi connectivity index (χ4v) is 2.26. The van der Waals surface area contributed by atoms with Crippen LogP contribution in [0.3, 0.4) is 0 Å². The topological polar surface area (TPSA) is 77.1 Å². The summed E-state index contributed by atoms with van der Waals surface area (Å²) in [5.74, 6) is 0.451. The molecule has 0 aromatic carbocycles. The van der Waals surface area contributed by atoms with E-state index >= 15 is 0 Å². The normalized spacial score (nSPS) is 11.3. The summed E-state index contributed by atoms with van der Waals surface area (Å²) in [4.78, 5) is 29.0. The van der Waals surface area contributed by atoms with Crippen LogP contribution in [0.5, 0.6) is 0 Å². The minimum atomic E-state index is -0.283. The summed E-state index contributed by atoms with van der Waals surface area (Å²) in [5.41, 5.74) is 0.292. The number of hydrogen-bond donors (Lipinski definition) is 1. The van der Waals surface area contributed by atoms with E-state index in [0.717, 1.165) is 6.42 Å². The third kappa shape index (κ3) is 2.99. The summed E-state index contributed by atoms with van der Waals surface area (Å²) in [5, 5.41) is 3.05. The standard InChI is InChI=1S/C15H21N3O3/c1-5-6-16-13(19)11-10(4)21-14-12(11)15(20)18(8-17-14)7-9(2)3/h8-9H,5-7H2,1-4H3,(H,16,19). The first kappa shape index (κ1) is 15.3. The number of carbonyl (C=O) groups is 1. The van der Waals surface area contributed by atoms with Crippen LogP contribution in [0.2, 0.25) is 0 Å². The molecule has 0 aliphatic rings. The van der Waals surface area contributed by atoms with Crippen molar-refractivity contribution >= 4 is 17.0 Å². The highest BCUT2D eigenvalue weighted by atomic mass is 16.3. The second-order valence-corrected chi connectivity index (χ2v) is 5.57. The molecule has 2 aromatic rings. The number of nitrogens with one attached hydrogen (secondary N) is 1. The predicted molar refractivity (Wildman–Crippen MR) is 80.5 cm³/mol. The molecule has 0 aliphatic carbocycles. The number of carbonyl (C=O) groups excluding carboxylic acids is 1. The lowest BCUT2D eigenvalue weighted by molar-refractivity contribution is 0.0953. The summed E-state index contributed by atoms with van der Waals surface area (Å²) >= 11 is 0. The van der Waals surface area contributed by atoms with E-state index in [-0.39, 0.29) is 22.6 Å². The van der Waals surface area contributed by atoms with Gasteiger partial charge in [-0.1, -0.05) is 20.8 Å². The van der Waals surface area contributed by atoms with E-state index in [0.29, 0.717) is 30.3 Å². The molecule has 2 heterocycles. The number of hydrogen-bond acceptors (Lipinski definition) is 4. The van der Waals surface area contributed by atoms with Crippen molar-refractivity contribution < 1.29 is 9.21 Å². The van der Waals surface area contributed by atoms with E-state index < -0.39 is 0 Å². The van der Waals surface area contributed by atoms with Crippen LogP contribution in [0.4, 0.5) is 0 Å². The Labute approximate surface area is 123 Å². The Kier molecular flexibility index (Phi) is 4.45. The number of aryl methyl sites for hydroxylation is 1. The lowest BCUT2D eigenvalue weighted by Gasteiger charge is -2.07. The van der Waals surface area contributed by atoms with Gasteiger partial charge in [0.15, 0.2) is 0 Å². The minimum absolute atomic E-state index is 0.221. The first-order valence-electron chi connectivity index (χ1n) is 7.22. The number of fused-ring (bicyclic) bond motifs is 1.